The van der Waals surface area contributed by atoms with Gasteiger partial charge in [0.15, 0.2) is 0 Å². The molecule has 0 radical (unpaired) electrons. The molecular weight excluding hydrogens is 216 g/mol. The van der Waals surface area contributed by atoms with E-state index in [0.717, 1.165) is 32.1 Å². The Morgan fingerprint density at radius 1 is 1.47 bits per heavy atom. The lowest BCUT2D eigenvalue weighted by atomic mass is 9.85. The molecule has 0 bridgehead atoms. The molecule has 0 saturated heterocycles. The van der Waals surface area contributed by atoms with Gasteiger partial charge < -0.3 is 16.2 Å². The highest BCUT2D eigenvalue weighted by molar-refractivity contribution is 5.83. The van der Waals surface area contributed by atoms with Gasteiger partial charge in [0.1, 0.15) is 0 Å². The van der Waals surface area contributed by atoms with Crippen molar-refractivity contribution in [1.29, 1.82) is 0 Å². The first-order valence-electron chi connectivity index (χ1n) is 6.66. The molecule has 1 saturated carbocycles. The SMILES string of the molecule is CCCC(C)(O)CNC(=O)C1(CN)CCCC1. The summed E-state index contributed by atoms with van der Waals surface area (Å²) in [6, 6.07) is 0. The smallest absolute Gasteiger partial charge is 0.227 e. The van der Waals surface area contributed by atoms with Gasteiger partial charge >= 0.3 is 0 Å². The van der Waals surface area contributed by atoms with E-state index in [-0.39, 0.29) is 11.3 Å². The number of amides is 1. The van der Waals surface area contributed by atoms with Crippen molar-refractivity contribution in [1.82, 2.24) is 5.32 Å². The zero-order valence-electron chi connectivity index (χ0n) is 11.1. The van der Waals surface area contributed by atoms with Crippen LogP contribution in [0.15, 0.2) is 0 Å². The minimum Gasteiger partial charge on any atom is -0.388 e. The van der Waals surface area contributed by atoms with Gasteiger partial charge in [-0.1, -0.05) is 26.2 Å². The normalized spacial score (nSPS) is 22.1. The summed E-state index contributed by atoms with van der Waals surface area (Å²) in [5.74, 6) is 0.0221. The summed E-state index contributed by atoms with van der Waals surface area (Å²) in [5, 5.41) is 12.9. The quantitative estimate of drug-likeness (QED) is 0.654. The fourth-order valence-electron chi connectivity index (χ4n) is 2.66. The average Bonchev–Trinajstić information content (AvgIpc) is 2.75. The first kappa shape index (κ1) is 14.5. The Labute approximate surface area is 104 Å². The van der Waals surface area contributed by atoms with Crippen LogP contribution in [0.5, 0.6) is 0 Å². The fourth-order valence-corrected chi connectivity index (χ4v) is 2.66. The maximum Gasteiger partial charge on any atom is 0.227 e. The standard InChI is InChI=1S/C13H26N2O2/c1-3-6-12(2,17)10-15-11(16)13(9-14)7-4-5-8-13/h17H,3-10,14H2,1-2H3,(H,15,16). The van der Waals surface area contributed by atoms with E-state index in [4.69, 9.17) is 5.73 Å². The number of carbonyl (C=O) groups is 1. The predicted octanol–water partition coefficient (Wildman–Crippen LogP) is 1.17. The molecule has 4 nitrogen and oxygen atoms in total. The van der Waals surface area contributed by atoms with Crippen LogP contribution in [0.2, 0.25) is 0 Å². The van der Waals surface area contributed by atoms with Crippen LogP contribution in [0.3, 0.4) is 0 Å². The number of nitrogens with one attached hydrogen (secondary N) is 1. The third kappa shape index (κ3) is 3.68. The lowest BCUT2D eigenvalue weighted by molar-refractivity contribution is -0.131. The van der Waals surface area contributed by atoms with Crippen LogP contribution in [0, 0.1) is 5.41 Å². The second-order valence-electron chi connectivity index (χ2n) is 5.62. The van der Waals surface area contributed by atoms with E-state index in [2.05, 4.69) is 5.32 Å². The van der Waals surface area contributed by atoms with Crippen LogP contribution in [-0.2, 0) is 4.79 Å². The number of aliphatic hydroxyl groups is 1. The van der Waals surface area contributed by atoms with E-state index in [1.807, 2.05) is 6.92 Å². The third-order valence-corrected chi connectivity index (χ3v) is 3.85. The summed E-state index contributed by atoms with van der Waals surface area (Å²) in [7, 11) is 0. The summed E-state index contributed by atoms with van der Waals surface area (Å²) in [6.07, 6.45) is 5.52. The Morgan fingerprint density at radius 2 is 2.06 bits per heavy atom. The highest BCUT2D eigenvalue weighted by Crippen LogP contribution is 2.37. The molecule has 1 unspecified atom stereocenters. The molecule has 1 atom stereocenters. The van der Waals surface area contributed by atoms with Crippen molar-refractivity contribution in [3.63, 3.8) is 0 Å². The topological polar surface area (TPSA) is 75.3 Å². The van der Waals surface area contributed by atoms with Gasteiger partial charge in [-0.15, -0.1) is 0 Å². The molecule has 4 heteroatoms. The van der Waals surface area contributed by atoms with Crippen molar-refractivity contribution in [2.75, 3.05) is 13.1 Å². The Kier molecular flexibility index (Phi) is 4.95. The Morgan fingerprint density at radius 3 is 2.53 bits per heavy atom. The maximum atomic E-state index is 12.1. The van der Waals surface area contributed by atoms with E-state index in [0.29, 0.717) is 19.5 Å². The molecule has 1 amide bonds. The molecule has 0 aromatic rings. The second kappa shape index (κ2) is 5.83. The van der Waals surface area contributed by atoms with Gasteiger partial charge in [-0.25, -0.2) is 0 Å². The molecule has 1 aliphatic rings. The molecule has 0 spiro atoms. The summed E-state index contributed by atoms with van der Waals surface area (Å²) >= 11 is 0. The number of hydrogen-bond donors (Lipinski definition) is 3. The molecule has 1 aliphatic carbocycles. The van der Waals surface area contributed by atoms with Crippen molar-refractivity contribution >= 4 is 5.91 Å². The van der Waals surface area contributed by atoms with Gasteiger partial charge in [0.05, 0.1) is 11.0 Å². The molecule has 100 valence electrons. The summed E-state index contributed by atoms with van der Waals surface area (Å²) in [5.41, 5.74) is 4.56. The molecule has 4 N–H and O–H groups in total. The average molecular weight is 242 g/mol. The number of nitrogens with two attached hydrogens (primary N) is 1. The van der Waals surface area contributed by atoms with Gasteiger partial charge in [-0.05, 0) is 26.2 Å². The first-order valence-corrected chi connectivity index (χ1v) is 6.66. The molecule has 1 fully saturated rings. The first-order chi connectivity index (χ1) is 7.96. The Bertz CT molecular complexity index is 258. The molecule has 1 rings (SSSR count). The fraction of sp³-hybridized carbons (Fsp3) is 0.923. The molecule has 0 aromatic heterocycles. The summed E-state index contributed by atoms with van der Waals surface area (Å²) in [4.78, 5) is 12.1. The summed E-state index contributed by atoms with van der Waals surface area (Å²) in [6.45, 7) is 4.52. The molecule has 0 heterocycles. The lowest BCUT2D eigenvalue weighted by Gasteiger charge is -2.29. The zero-order chi connectivity index (χ0) is 12.9. The van der Waals surface area contributed by atoms with Crippen LogP contribution in [0.1, 0.15) is 52.4 Å². The van der Waals surface area contributed by atoms with Gasteiger partial charge in [0, 0.05) is 13.1 Å². The van der Waals surface area contributed by atoms with Crippen molar-refractivity contribution in [2.24, 2.45) is 11.1 Å². The number of hydrogen-bond acceptors (Lipinski definition) is 3. The largest absolute Gasteiger partial charge is 0.388 e. The minimum atomic E-state index is -0.807. The van der Waals surface area contributed by atoms with E-state index < -0.39 is 5.60 Å². The number of carbonyl (C=O) groups excluding carboxylic acids is 1. The number of rotatable bonds is 6. The Hall–Kier alpha value is -0.610. The van der Waals surface area contributed by atoms with Crippen molar-refractivity contribution in [2.45, 2.75) is 58.0 Å². The Balaban J connectivity index is 2.48. The lowest BCUT2D eigenvalue weighted by Crippen LogP contribution is -2.49. The minimum absolute atomic E-state index is 0.0221. The van der Waals surface area contributed by atoms with Crippen LogP contribution in [0.4, 0.5) is 0 Å². The van der Waals surface area contributed by atoms with E-state index >= 15 is 0 Å². The molecule has 0 aromatic carbocycles. The van der Waals surface area contributed by atoms with Crippen LogP contribution in [0.25, 0.3) is 0 Å². The van der Waals surface area contributed by atoms with Gasteiger partial charge in [-0.2, -0.15) is 0 Å². The third-order valence-electron chi connectivity index (χ3n) is 3.85. The molecular formula is C13H26N2O2. The van der Waals surface area contributed by atoms with Gasteiger partial charge in [0.25, 0.3) is 0 Å². The van der Waals surface area contributed by atoms with Crippen LogP contribution in [-0.4, -0.2) is 29.7 Å². The van der Waals surface area contributed by atoms with E-state index in [1.165, 1.54) is 0 Å². The molecule has 17 heavy (non-hydrogen) atoms. The second-order valence-corrected chi connectivity index (χ2v) is 5.62. The van der Waals surface area contributed by atoms with Crippen molar-refractivity contribution < 1.29 is 9.90 Å². The van der Waals surface area contributed by atoms with E-state index in [9.17, 15) is 9.90 Å². The van der Waals surface area contributed by atoms with Crippen LogP contribution < -0.4 is 11.1 Å². The predicted molar refractivity (Wildman–Crippen MR) is 68.5 cm³/mol. The van der Waals surface area contributed by atoms with Gasteiger partial charge in [0.2, 0.25) is 5.91 Å². The van der Waals surface area contributed by atoms with E-state index in [1.54, 1.807) is 6.92 Å². The van der Waals surface area contributed by atoms with Crippen molar-refractivity contribution in [3.8, 4) is 0 Å². The zero-order valence-corrected chi connectivity index (χ0v) is 11.1. The highest BCUT2D eigenvalue weighted by Gasteiger charge is 2.40. The van der Waals surface area contributed by atoms with Gasteiger partial charge in [-0.3, -0.25) is 4.79 Å². The van der Waals surface area contributed by atoms with Crippen molar-refractivity contribution in [3.05, 3.63) is 0 Å². The molecule has 0 aliphatic heterocycles. The highest BCUT2D eigenvalue weighted by atomic mass is 16.3. The maximum absolute atomic E-state index is 12.1. The summed E-state index contributed by atoms with van der Waals surface area (Å²) < 4.78 is 0. The van der Waals surface area contributed by atoms with Crippen LogP contribution >= 0.6 is 0 Å². The monoisotopic (exact) mass is 242 g/mol.